The molecule has 1 saturated heterocycles. The molecule has 22 heavy (non-hydrogen) atoms. The Bertz CT molecular complexity index is 479. The fourth-order valence-corrected chi connectivity index (χ4v) is 3.19. The van der Waals surface area contributed by atoms with Gasteiger partial charge in [0, 0.05) is 36.7 Å². The molecule has 4 nitrogen and oxygen atoms in total. The highest BCUT2D eigenvalue weighted by Gasteiger charge is 2.29. The molecule has 2 atom stereocenters. The standard InChI is InChI=1S/C17H26ClN3O/c1-4-20-10-13(2)21(14(3)11-20)12-17(22)19-9-15-5-7-16(18)8-6-15/h5-8,13-14H,4,9-12H2,1-3H3,(H,19,22). The van der Waals surface area contributed by atoms with Gasteiger partial charge in [0.05, 0.1) is 6.54 Å². The van der Waals surface area contributed by atoms with Crippen molar-refractivity contribution in [1.29, 1.82) is 0 Å². The van der Waals surface area contributed by atoms with E-state index in [-0.39, 0.29) is 5.91 Å². The number of carbonyl (C=O) groups is 1. The highest BCUT2D eigenvalue weighted by Crippen LogP contribution is 2.15. The molecular formula is C17H26ClN3O. The van der Waals surface area contributed by atoms with Crippen LogP contribution in [0.15, 0.2) is 24.3 Å². The second-order valence-electron chi connectivity index (χ2n) is 6.13. The van der Waals surface area contributed by atoms with E-state index in [1.807, 2.05) is 24.3 Å². The molecule has 2 unspecified atom stereocenters. The van der Waals surface area contributed by atoms with E-state index in [1.165, 1.54) is 0 Å². The van der Waals surface area contributed by atoms with Crippen molar-refractivity contribution in [1.82, 2.24) is 15.1 Å². The highest BCUT2D eigenvalue weighted by atomic mass is 35.5. The molecule has 1 aromatic carbocycles. The summed E-state index contributed by atoms with van der Waals surface area (Å²) in [6.45, 7) is 10.7. The van der Waals surface area contributed by atoms with Gasteiger partial charge in [-0.15, -0.1) is 0 Å². The Balaban J connectivity index is 1.82. The number of piperazine rings is 1. The maximum absolute atomic E-state index is 12.2. The van der Waals surface area contributed by atoms with Crippen LogP contribution in [0.4, 0.5) is 0 Å². The van der Waals surface area contributed by atoms with Gasteiger partial charge in [-0.25, -0.2) is 0 Å². The minimum absolute atomic E-state index is 0.0820. The zero-order valence-corrected chi connectivity index (χ0v) is 14.4. The van der Waals surface area contributed by atoms with Crippen LogP contribution in [0.2, 0.25) is 5.02 Å². The van der Waals surface area contributed by atoms with E-state index in [0.717, 1.165) is 25.2 Å². The zero-order chi connectivity index (χ0) is 16.1. The Morgan fingerprint density at radius 2 is 1.82 bits per heavy atom. The van der Waals surface area contributed by atoms with E-state index >= 15 is 0 Å². The lowest BCUT2D eigenvalue weighted by Crippen LogP contribution is -2.58. The molecule has 1 fully saturated rings. The van der Waals surface area contributed by atoms with Crippen LogP contribution in [0.5, 0.6) is 0 Å². The Hall–Kier alpha value is -1.10. The third-order valence-electron chi connectivity index (χ3n) is 4.35. The highest BCUT2D eigenvalue weighted by molar-refractivity contribution is 6.30. The van der Waals surface area contributed by atoms with Gasteiger partial charge in [0.15, 0.2) is 0 Å². The molecule has 0 spiro atoms. The van der Waals surface area contributed by atoms with Gasteiger partial charge in [0.25, 0.3) is 0 Å². The van der Waals surface area contributed by atoms with Crippen LogP contribution < -0.4 is 5.32 Å². The van der Waals surface area contributed by atoms with Crippen LogP contribution in [0.3, 0.4) is 0 Å². The summed E-state index contributed by atoms with van der Waals surface area (Å²) in [5.74, 6) is 0.0820. The first-order chi connectivity index (χ1) is 10.5. The van der Waals surface area contributed by atoms with E-state index in [1.54, 1.807) is 0 Å². The molecular weight excluding hydrogens is 298 g/mol. The van der Waals surface area contributed by atoms with Crippen LogP contribution in [-0.4, -0.2) is 54.0 Å². The first kappa shape index (κ1) is 17.3. The van der Waals surface area contributed by atoms with E-state index < -0.39 is 0 Å². The average Bonchev–Trinajstić information content (AvgIpc) is 2.50. The van der Waals surface area contributed by atoms with Crippen molar-refractivity contribution in [2.75, 3.05) is 26.2 Å². The molecule has 2 rings (SSSR count). The van der Waals surface area contributed by atoms with Crippen molar-refractivity contribution in [3.63, 3.8) is 0 Å². The zero-order valence-electron chi connectivity index (χ0n) is 13.7. The minimum Gasteiger partial charge on any atom is -0.351 e. The number of nitrogens with zero attached hydrogens (tertiary/aromatic N) is 2. The summed E-state index contributed by atoms with van der Waals surface area (Å²) in [4.78, 5) is 16.9. The molecule has 1 N–H and O–H groups in total. The summed E-state index contributed by atoms with van der Waals surface area (Å²) in [5, 5.41) is 3.71. The van der Waals surface area contributed by atoms with Crippen LogP contribution in [0.1, 0.15) is 26.3 Å². The van der Waals surface area contributed by atoms with Gasteiger partial charge in [-0.2, -0.15) is 0 Å². The predicted octanol–water partition coefficient (Wildman–Crippen LogP) is 2.37. The van der Waals surface area contributed by atoms with Crippen molar-refractivity contribution in [2.45, 2.75) is 39.4 Å². The fraction of sp³-hybridized carbons (Fsp3) is 0.588. The summed E-state index contributed by atoms with van der Waals surface area (Å²) >= 11 is 5.86. The van der Waals surface area contributed by atoms with Crippen molar-refractivity contribution >= 4 is 17.5 Å². The van der Waals surface area contributed by atoms with E-state index in [4.69, 9.17) is 11.6 Å². The van der Waals surface area contributed by atoms with Gasteiger partial charge in [-0.3, -0.25) is 9.69 Å². The molecule has 0 radical (unpaired) electrons. The number of likely N-dealkylation sites (N-methyl/N-ethyl adjacent to an activating group) is 1. The number of rotatable bonds is 5. The molecule has 0 bridgehead atoms. The van der Waals surface area contributed by atoms with Crippen molar-refractivity contribution in [3.8, 4) is 0 Å². The van der Waals surface area contributed by atoms with E-state index in [9.17, 15) is 4.79 Å². The molecule has 1 aliphatic rings. The number of hydrogen-bond donors (Lipinski definition) is 1. The fourth-order valence-electron chi connectivity index (χ4n) is 3.06. The molecule has 122 valence electrons. The lowest BCUT2D eigenvalue weighted by molar-refractivity contribution is -0.124. The monoisotopic (exact) mass is 323 g/mol. The van der Waals surface area contributed by atoms with Crippen LogP contribution in [-0.2, 0) is 11.3 Å². The maximum atomic E-state index is 12.2. The van der Waals surface area contributed by atoms with Crippen molar-refractivity contribution < 1.29 is 4.79 Å². The number of halogens is 1. The number of amides is 1. The molecule has 0 aromatic heterocycles. The minimum atomic E-state index is 0.0820. The molecule has 1 amide bonds. The Morgan fingerprint density at radius 3 is 2.36 bits per heavy atom. The molecule has 5 heteroatoms. The van der Waals surface area contributed by atoms with Gasteiger partial charge >= 0.3 is 0 Å². The maximum Gasteiger partial charge on any atom is 0.234 e. The molecule has 1 heterocycles. The molecule has 0 aliphatic carbocycles. The quantitative estimate of drug-likeness (QED) is 0.903. The van der Waals surface area contributed by atoms with E-state index in [0.29, 0.717) is 30.2 Å². The van der Waals surface area contributed by atoms with Crippen LogP contribution in [0.25, 0.3) is 0 Å². The van der Waals surface area contributed by atoms with Gasteiger partial charge < -0.3 is 10.2 Å². The second kappa shape index (κ2) is 7.95. The smallest absolute Gasteiger partial charge is 0.234 e. The number of nitrogens with one attached hydrogen (secondary N) is 1. The van der Waals surface area contributed by atoms with Crippen LogP contribution in [0, 0.1) is 0 Å². The SMILES string of the molecule is CCN1CC(C)N(CC(=O)NCc2ccc(Cl)cc2)C(C)C1. The molecule has 1 aromatic rings. The number of benzene rings is 1. The summed E-state index contributed by atoms with van der Waals surface area (Å²) in [7, 11) is 0. The summed E-state index contributed by atoms with van der Waals surface area (Å²) in [6.07, 6.45) is 0. The average molecular weight is 324 g/mol. The summed E-state index contributed by atoms with van der Waals surface area (Å²) in [5.41, 5.74) is 1.06. The van der Waals surface area contributed by atoms with Gasteiger partial charge in [0.1, 0.15) is 0 Å². The predicted molar refractivity (Wildman–Crippen MR) is 91.0 cm³/mol. The third-order valence-corrected chi connectivity index (χ3v) is 4.61. The Labute approximate surface area is 138 Å². The lowest BCUT2D eigenvalue weighted by Gasteiger charge is -2.43. The van der Waals surface area contributed by atoms with Crippen molar-refractivity contribution in [3.05, 3.63) is 34.9 Å². The first-order valence-electron chi connectivity index (χ1n) is 7.98. The third kappa shape index (κ3) is 4.70. The van der Waals surface area contributed by atoms with E-state index in [2.05, 4.69) is 35.9 Å². The Morgan fingerprint density at radius 1 is 1.23 bits per heavy atom. The van der Waals surface area contributed by atoms with Gasteiger partial charge in [-0.1, -0.05) is 30.7 Å². The first-order valence-corrected chi connectivity index (χ1v) is 8.36. The molecule has 1 aliphatic heterocycles. The largest absolute Gasteiger partial charge is 0.351 e. The normalized spacial score (nSPS) is 23.5. The summed E-state index contributed by atoms with van der Waals surface area (Å²) < 4.78 is 0. The van der Waals surface area contributed by atoms with Gasteiger partial charge in [0.2, 0.25) is 5.91 Å². The Kier molecular flexibility index (Phi) is 6.24. The van der Waals surface area contributed by atoms with Crippen LogP contribution >= 0.6 is 11.6 Å². The van der Waals surface area contributed by atoms with Crippen molar-refractivity contribution in [2.24, 2.45) is 0 Å². The van der Waals surface area contributed by atoms with Gasteiger partial charge in [-0.05, 0) is 38.1 Å². The topological polar surface area (TPSA) is 35.6 Å². The summed E-state index contributed by atoms with van der Waals surface area (Å²) in [6, 6.07) is 8.38. The lowest BCUT2D eigenvalue weighted by atomic mass is 10.1. The second-order valence-corrected chi connectivity index (χ2v) is 6.56. The molecule has 0 saturated carbocycles. The number of carbonyl (C=O) groups excluding carboxylic acids is 1. The number of hydrogen-bond acceptors (Lipinski definition) is 3.